The number of esters is 2. The van der Waals surface area contributed by atoms with E-state index in [9.17, 15) is 9.59 Å². The van der Waals surface area contributed by atoms with E-state index in [-0.39, 0.29) is 36.0 Å². The van der Waals surface area contributed by atoms with E-state index in [1.54, 1.807) is 0 Å². The van der Waals surface area contributed by atoms with Gasteiger partial charge in [-0.25, -0.2) is 4.79 Å². The molecule has 0 spiro atoms. The van der Waals surface area contributed by atoms with Crippen LogP contribution in [0.3, 0.4) is 0 Å². The van der Waals surface area contributed by atoms with Crippen LogP contribution in [-0.4, -0.2) is 24.1 Å². The summed E-state index contributed by atoms with van der Waals surface area (Å²) in [5.41, 5.74) is 0.596. The van der Waals surface area contributed by atoms with Crippen molar-refractivity contribution in [2.75, 3.05) is 0 Å². The predicted octanol–water partition coefficient (Wildman–Crippen LogP) is 1.45. The Morgan fingerprint density at radius 1 is 1.33 bits per heavy atom. The highest BCUT2D eigenvalue weighted by molar-refractivity contribution is 5.89. The molecule has 0 amide bonds. The maximum Gasteiger partial charge on any atom is 0.334 e. The van der Waals surface area contributed by atoms with Crippen LogP contribution in [0.5, 0.6) is 0 Å². The van der Waals surface area contributed by atoms with E-state index >= 15 is 0 Å². The van der Waals surface area contributed by atoms with Gasteiger partial charge in [0.05, 0.1) is 5.92 Å². The van der Waals surface area contributed by atoms with Gasteiger partial charge in [0, 0.05) is 17.4 Å². The van der Waals surface area contributed by atoms with Crippen molar-refractivity contribution >= 4 is 11.9 Å². The van der Waals surface area contributed by atoms with Gasteiger partial charge < -0.3 is 9.47 Å². The lowest BCUT2D eigenvalue weighted by Gasteiger charge is -2.25. The van der Waals surface area contributed by atoms with Crippen LogP contribution in [0.2, 0.25) is 0 Å². The molecule has 5 atom stereocenters. The normalized spacial score (nSPS) is 44.0. The Kier molecular flexibility index (Phi) is 1.98. The topological polar surface area (TPSA) is 52.6 Å². The van der Waals surface area contributed by atoms with Gasteiger partial charge in [-0.1, -0.05) is 6.58 Å². The van der Waals surface area contributed by atoms with E-state index < -0.39 is 0 Å². The molecule has 1 heterocycles. The molecule has 0 N–H and O–H groups in total. The average molecular weight is 248 g/mol. The third-order valence-corrected chi connectivity index (χ3v) is 4.99. The van der Waals surface area contributed by atoms with Gasteiger partial charge in [0.25, 0.3) is 0 Å². The van der Waals surface area contributed by atoms with Crippen LogP contribution in [0, 0.1) is 23.7 Å². The molecule has 18 heavy (non-hydrogen) atoms. The van der Waals surface area contributed by atoms with Gasteiger partial charge in [-0.2, -0.15) is 0 Å². The van der Waals surface area contributed by atoms with Crippen molar-refractivity contribution in [2.45, 2.75) is 37.9 Å². The zero-order chi connectivity index (χ0) is 12.4. The molecule has 1 aliphatic heterocycles. The molecule has 2 bridgehead atoms. The number of rotatable bonds is 3. The number of fused-ring (bicyclic) bond motifs is 1. The molecular formula is C14H16O4. The Hall–Kier alpha value is -1.32. The van der Waals surface area contributed by atoms with Crippen LogP contribution in [0.25, 0.3) is 0 Å². The van der Waals surface area contributed by atoms with Crippen LogP contribution in [0.4, 0.5) is 0 Å². The van der Waals surface area contributed by atoms with Crippen LogP contribution >= 0.6 is 0 Å². The summed E-state index contributed by atoms with van der Waals surface area (Å²) >= 11 is 0. The highest BCUT2D eigenvalue weighted by atomic mass is 16.6. The molecule has 3 saturated carbocycles. The van der Waals surface area contributed by atoms with Gasteiger partial charge in [-0.3, -0.25) is 4.79 Å². The van der Waals surface area contributed by atoms with Crippen LogP contribution in [-0.2, 0) is 19.1 Å². The first kappa shape index (κ1) is 10.6. The number of ether oxygens (including phenoxy) is 2. The quantitative estimate of drug-likeness (QED) is 0.560. The third-order valence-electron chi connectivity index (χ3n) is 4.99. The molecule has 3 aliphatic carbocycles. The van der Waals surface area contributed by atoms with Crippen LogP contribution in [0.15, 0.2) is 12.2 Å². The van der Waals surface area contributed by atoms with E-state index in [0.29, 0.717) is 17.4 Å². The molecule has 1 saturated heterocycles. The fourth-order valence-corrected chi connectivity index (χ4v) is 3.86. The summed E-state index contributed by atoms with van der Waals surface area (Å²) in [7, 11) is 0. The second-order valence-corrected chi connectivity index (χ2v) is 6.07. The first-order chi connectivity index (χ1) is 8.65. The first-order valence-corrected chi connectivity index (χ1v) is 6.75. The molecule has 4 fully saturated rings. The molecule has 4 nitrogen and oxygen atoms in total. The van der Waals surface area contributed by atoms with Crippen LogP contribution in [0.1, 0.15) is 25.7 Å². The SMILES string of the molecule is C=C(C(=O)OC1C2CC3C(=O)OC1C3C2)C1CC1. The Morgan fingerprint density at radius 2 is 2.11 bits per heavy atom. The largest absolute Gasteiger partial charge is 0.458 e. The lowest BCUT2D eigenvalue weighted by Crippen LogP contribution is -2.36. The lowest BCUT2D eigenvalue weighted by atomic mass is 9.88. The minimum atomic E-state index is -0.283. The fraction of sp³-hybridized carbons (Fsp3) is 0.714. The van der Waals surface area contributed by atoms with E-state index in [4.69, 9.17) is 9.47 Å². The van der Waals surface area contributed by atoms with Crippen molar-refractivity contribution in [3.05, 3.63) is 12.2 Å². The summed E-state index contributed by atoms with van der Waals surface area (Å²) in [6.45, 7) is 3.81. The number of hydrogen-bond acceptors (Lipinski definition) is 4. The van der Waals surface area contributed by atoms with Gasteiger partial charge >= 0.3 is 11.9 Å². The minimum absolute atomic E-state index is 0.0709. The second-order valence-electron chi connectivity index (χ2n) is 6.07. The van der Waals surface area contributed by atoms with Gasteiger partial charge in [-0.15, -0.1) is 0 Å². The van der Waals surface area contributed by atoms with Gasteiger partial charge in [0.15, 0.2) is 0 Å². The average Bonchev–Trinajstić information content (AvgIpc) is 2.97. The minimum Gasteiger partial charge on any atom is -0.458 e. The first-order valence-electron chi connectivity index (χ1n) is 6.75. The van der Waals surface area contributed by atoms with E-state index in [1.807, 2.05) is 0 Å². The van der Waals surface area contributed by atoms with E-state index in [1.165, 1.54) is 0 Å². The predicted molar refractivity (Wildman–Crippen MR) is 61.3 cm³/mol. The van der Waals surface area contributed by atoms with Gasteiger partial charge in [-0.05, 0) is 31.6 Å². The van der Waals surface area contributed by atoms with Crippen molar-refractivity contribution in [3.8, 4) is 0 Å². The van der Waals surface area contributed by atoms with Gasteiger partial charge in [0.2, 0.25) is 0 Å². The molecule has 0 aromatic heterocycles. The number of hydrogen-bond donors (Lipinski definition) is 0. The Bertz CT molecular complexity index is 451. The summed E-state index contributed by atoms with van der Waals surface area (Å²) < 4.78 is 10.9. The molecule has 4 rings (SSSR count). The second kappa shape index (κ2) is 3.37. The Balaban J connectivity index is 1.48. The zero-order valence-electron chi connectivity index (χ0n) is 10.1. The van der Waals surface area contributed by atoms with E-state index in [2.05, 4.69) is 6.58 Å². The zero-order valence-corrected chi connectivity index (χ0v) is 10.1. The van der Waals surface area contributed by atoms with Crippen molar-refractivity contribution in [3.63, 3.8) is 0 Å². The molecule has 0 radical (unpaired) electrons. The summed E-state index contributed by atoms with van der Waals surface area (Å²) in [5, 5.41) is 0. The summed E-state index contributed by atoms with van der Waals surface area (Å²) in [6.07, 6.45) is 3.48. The smallest absolute Gasteiger partial charge is 0.334 e. The third kappa shape index (κ3) is 1.32. The van der Waals surface area contributed by atoms with Gasteiger partial charge in [0.1, 0.15) is 12.2 Å². The Morgan fingerprint density at radius 3 is 2.83 bits per heavy atom. The van der Waals surface area contributed by atoms with Crippen molar-refractivity contribution < 1.29 is 19.1 Å². The maximum atomic E-state index is 12.0. The number of carbonyl (C=O) groups excluding carboxylic acids is 2. The molecule has 4 heteroatoms. The van der Waals surface area contributed by atoms with Crippen molar-refractivity contribution in [2.24, 2.45) is 23.7 Å². The monoisotopic (exact) mass is 248 g/mol. The van der Waals surface area contributed by atoms with Crippen molar-refractivity contribution in [1.29, 1.82) is 0 Å². The standard InChI is InChI=1S/C14H16O4/c1-6(7-2-3-7)13(15)17-11-8-4-9-10(5-8)14(16)18-12(9)11/h7-12H,1-5H2. The molecular weight excluding hydrogens is 232 g/mol. The van der Waals surface area contributed by atoms with Crippen LogP contribution < -0.4 is 0 Å². The van der Waals surface area contributed by atoms with Crippen molar-refractivity contribution in [1.82, 2.24) is 0 Å². The summed E-state index contributed by atoms with van der Waals surface area (Å²) in [6, 6.07) is 0. The maximum absolute atomic E-state index is 12.0. The highest BCUT2D eigenvalue weighted by Crippen LogP contribution is 2.55. The Labute approximate surface area is 105 Å². The molecule has 5 unspecified atom stereocenters. The lowest BCUT2D eigenvalue weighted by molar-refractivity contribution is -0.158. The summed E-state index contributed by atoms with van der Waals surface area (Å²) in [5.74, 6) is 0.625. The molecule has 0 aromatic carbocycles. The summed E-state index contributed by atoms with van der Waals surface area (Å²) in [4.78, 5) is 23.5. The molecule has 96 valence electrons. The highest BCUT2D eigenvalue weighted by Gasteiger charge is 2.63. The molecule has 4 aliphatic rings. The van der Waals surface area contributed by atoms with E-state index in [0.717, 1.165) is 25.7 Å². The number of carbonyl (C=O) groups is 2. The molecule has 0 aromatic rings. The fourth-order valence-electron chi connectivity index (χ4n) is 3.86.